The number of rotatable bonds is 2. The zero-order valence-corrected chi connectivity index (χ0v) is 11.2. The number of methoxy groups -OCH3 is 1. The molecule has 20 heavy (non-hydrogen) atoms. The van der Waals surface area contributed by atoms with Gasteiger partial charge in [-0.15, -0.1) is 10.2 Å². The first kappa shape index (κ1) is 12.3. The summed E-state index contributed by atoms with van der Waals surface area (Å²) in [6.45, 7) is 2.04. The third kappa shape index (κ3) is 2.03. The van der Waals surface area contributed by atoms with Gasteiger partial charge in [0.05, 0.1) is 12.7 Å². The number of aromatic nitrogens is 3. The van der Waals surface area contributed by atoms with Crippen molar-refractivity contribution in [3.8, 4) is 11.4 Å². The molecule has 0 N–H and O–H groups in total. The molecule has 0 radical (unpaired) electrons. The maximum atomic E-state index is 11.5. The van der Waals surface area contributed by atoms with Crippen molar-refractivity contribution in [3.63, 3.8) is 0 Å². The molecule has 2 aromatic heterocycles. The van der Waals surface area contributed by atoms with Gasteiger partial charge in [-0.3, -0.25) is 4.40 Å². The average Bonchev–Trinajstić information content (AvgIpc) is 2.90. The Bertz CT molecular complexity index is 775. The zero-order valence-electron chi connectivity index (χ0n) is 11.2. The van der Waals surface area contributed by atoms with Crippen molar-refractivity contribution in [1.29, 1.82) is 0 Å². The quantitative estimate of drug-likeness (QED) is 0.669. The SMILES string of the molecule is COC(=O)c1ccn2c(-c3ccc(C)cc3)nnc2c1. The minimum Gasteiger partial charge on any atom is -0.465 e. The molecule has 5 heteroatoms. The number of carbonyl (C=O) groups is 1. The number of hydrogen-bond acceptors (Lipinski definition) is 4. The van der Waals surface area contributed by atoms with Crippen LogP contribution in [0.3, 0.4) is 0 Å². The number of nitrogens with zero attached hydrogens (tertiary/aromatic N) is 3. The molecule has 1 aromatic carbocycles. The van der Waals surface area contributed by atoms with Crippen molar-refractivity contribution >= 4 is 11.6 Å². The molecule has 0 spiro atoms. The van der Waals surface area contributed by atoms with Crippen molar-refractivity contribution in [2.75, 3.05) is 7.11 Å². The highest BCUT2D eigenvalue weighted by Crippen LogP contribution is 2.19. The normalized spacial score (nSPS) is 10.7. The van der Waals surface area contributed by atoms with E-state index in [-0.39, 0.29) is 5.97 Å². The van der Waals surface area contributed by atoms with Crippen LogP contribution in [0.2, 0.25) is 0 Å². The predicted octanol–water partition coefficient (Wildman–Crippen LogP) is 2.49. The van der Waals surface area contributed by atoms with Crippen molar-refractivity contribution in [2.45, 2.75) is 6.92 Å². The van der Waals surface area contributed by atoms with Gasteiger partial charge in [-0.25, -0.2) is 4.79 Å². The summed E-state index contributed by atoms with van der Waals surface area (Å²) in [5.41, 5.74) is 3.25. The molecule has 2 heterocycles. The monoisotopic (exact) mass is 267 g/mol. The van der Waals surface area contributed by atoms with Crippen LogP contribution in [-0.2, 0) is 4.74 Å². The first-order chi connectivity index (χ1) is 9.69. The van der Waals surface area contributed by atoms with Crippen molar-refractivity contribution in [2.24, 2.45) is 0 Å². The number of benzene rings is 1. The maximum absolute atomic E-state index is 11.5. The molecule has 3 aromatic rings. The van der Waals surface area contributed by atoms with Gasteiger partial charge in [0.1, 0.15) is 0 Å². The van der Waals surface area contributed by atoms with Gasteiger partial charge in [0.25, 0.3) is 0 Å². The highest BCUT2D eigenvalue weighted by molar-refractivity contribution is 5.90. The van der Waals surface area contributed by atoms with E-state index in [1.807, 2.05) is 35.6 Å². The van der Waals surface area contributed by atoms with Crippen LogP contribution in [0.25, 0.3) is 17.0 Å². The molecule has 0 amide bonds. The molecule has 0 saturated heterocycles. The topological polar surface area (TPSA) is 56.5 Å². The Kier molecular flexibility index (Phi) is 2.95. The molecule has 100 valence electrons. The van der Waals surface area contributed by atoms with E-state index in [1.54, 1.807) is 18.3 Å². The predicted molar refractivity (Wildman–Crippen MR) is 74.5 cm³/mol. The Labute approximate surface area is 115 Å². The molecule has 3 rings (SSSR count). The van der Waals surface area contributed by atoms with E-state index in [1.165, 1.54) is 12.7 Å². The Morgan fingerprint density at radius 3 is 2.60 bits per heavy atom. The third-order valence-corrected chi connectivity index (χ3v) is 3.14. The summed E-state index contributed by atoms with van der Waals surface area (Å²) in [5, 5.41) is 8.28. The number of hydrogen-bond donors (Lipinski definition) is 0. The highest BCUT2D eigenvalue weighted by atomic mass is 16.5. The van der Waals surface area contributed by atoms with Crippen LogP contribution in [0, 0.1) is 6.92 Å². The number of aryl methyl sites for hydroxylation is 1. The van der Waals surface area contributed by atoms with E-state index in [2.05, 4.69) is 10.2 Å². The maximum Gasteiger partial charge on any atom is 0.338 e. The summed E-state index contributed by atoms with van der Waals surface area (Å²) in [4.78, 5) is 11.5. The molecule has 5 nitrogen and oxygen atoms in total. The Morgan fingerprint density at radius 2 is 1.90 bits per heavy atom. The number of fused-ring (bicyclic) bond motifs is 1. The fourth-order valence-electron chi connectivity index (χ4n) is 2.04. The second kappa shape index (κ2) is 4.77. The molecule has 0 unspecified atom stereocenters. The average molecular weight is 267 g/mol. The van der Waals surface area contributed by atoms with Gasteiger partial charge in [0, 0.05) is 11.8 Å². The molecule has 0 saturated carbocycles. The lowest BCUT2D eigenvalue weighted by atomic mass is 10.1. The van der Waals surface area contributed by atoms with Crippen LogP contribution >= 0.6 is 0 Å². The van der Waals surface area contributed by atoms with Crippen molar-refractivity contribution < 1.29 is 9.53 Å². The molecule has 0 atom stereocenters. The number of pyridine rings is 1. The van der Waals surface area contributed by atoms with Crippen LogP contribution in [0.1, 0.15) is 15.9 Å². The molecule has 0 aliphatic heterocycles. The van der Waals surface area contributed by atoms with Crippen LogP contribution < -0.4 is 0 Å². The Morgan fingerprint density at radius 1 is 1.15 bits per heavy atom. The fourth-order valence-corrected chi connectivity index (χ4v) is 2.04. The van der Waals surface area contributed by atoms with Gasteiger partial charge >= 0.3 is 5.97 Å². The second-order valence-corrected chi connectivity index (χ2v) is 4.52. The van der Waals surface area contributed by atoms with E-state index >= 15 is 0 Å². The number of ether oxygens (including phenoxy) is 1. The van der Waals surface area contributed by atoms with Crippen molar-refractivity contribution in [3.05, 3.63) is 53.7 Å². The number of esters is 1. The highest BCUT2D eigenvalue weighted by Gasteiger charge is 2.11. The minimum absolute atomic E-state index is 0.382. The first-order valence-electron chi connectivity index (χ1n) is 6.19. The van der Waals surface area contributed by atoms with E-state index in [4.69, 9.17) is 4.74 Å². The minimum atomic E-state index is -0.382. The summed E-state index contributed by atoms with van der Waals surface area (Å²) in [5.74, 6) is 0.365. The zero-order chi connectivity index (χ0) is 14.1. The molecule has 0 fully saturated rings. The van der Waals surface area contributed by atoms with Gasteiger partial charge in [-0.2, -0.15) is 0 Å². The van der Waals surface area contributed by atoms with E-state index in [0.29, 0.717) is 11.2 Å². The molecular formula is C15H13N3O2. The summed E-state index contributed by atoms with van der Waals surface area (Å²) in [6, 6.07) is 11.4. The molecule has 0 bridgehead atoms. The van der Waals surface area contributed by atoms with Crippen LogP contribution in [0.4, 0.5) is 0 Å². The van der Waals surface area contributed by atoms with Crippen LogP contribution in [0.5, 0.6) is 0 Å². The lowest BCUT2D eigenvalue weighted by molar-refractivity contribution is 0.0600. The fraction of sp³-hybridized carbons (Fsp3) is 0.133. The molecular weight excluding hydrogens is 254 g/mol. The Hall–Kier alpha value is -2.69. The van der Waals surface area contributed by atoms with Gasteiger partial charge in [-0.05, 0) is 19.1 Å². The van der Waals surface area contributed by atoms with Gasteiger partial charge in [0.2, 0.25) is 0 Å². The summed E-state index contributed by atoms with van der Waals surface area (Å²) in [7, 11) is 1.36. The number of carbonyl (C=O) groups excluding carboxylic acids is 1. The lowest BCUT2D eigenvalue weighted by Gasteiger charge is -2.02. The second-order valence-electron chi connectivity index (χ2n) is 4.52. The van der Waals surface area contributed by atoms with Crippen LogP contribution in [-0.4, -0.2) is 27.7 Å². The third-order valence-electron chi connectivity index (χ3n) is 3.14. The smallest absolute Gasteiger partial charge is 0.338 e. The van der Waals surface area contributed by atoms with E-state index in [0.717, 1.165) is 11.4 Å². The van der Waals surface area contributed by atoms with Gasteiger partial charge in [-0.1, -0.05) is 29.8 Å². The van der Waals surface area contributed by atoms with Crippen molar-refractivity contribution in [1.82, 2.24) is 14.6 Å². The summed E-state index contributed by atoms with van der Waals surface area (Å²) < 4.78 is 6.54. The Balaban J connectivity index is 2.10. The lowest BCUT2D eigenvalue weighted by Crippen LogP contribution is -2.02. The first-order valence-corrected chi connectivity index (χ1v) is 6.19. The largest absolute Gasteiger partial charge is 0.465 e. The van der Waals surface area contributed by atoms with E-state index in [9.17, 15) is 4.79 Å². The molecule has 0 aliphatic carbocycles. The standard InChI is InChI=1S/C15H13N3O2/c1-10-3-5-11(6-4-10)14-17-16-13-9-12(15(19)20-2)7-8-18(13)14/h3-9H,1-2H3. The van der Waals surface area contributed by atoms with Gasteiger partial charge in [0.15, 0.2) is 11.5 Å². The summed E-state index contributed by atoms with van der Waals surface area (Å²) >= 11 is 0. The molecule has 0 aliphatic rings. The summed E-state index contributed by atoms with van der Waals surface area (Å²) in [6.07, 6.45) is 1.77. The van der Waals surface area contributed by atoms with Gasteiger partial charge < -0.3 is 4.74 Å². The van der Waals surface area contributed by atoms with E-state index < -0.39 is 0 Å². The van der Waals surface area contributed by atoms with Crippen LogP contribution in [0.15, 0.2) is 42.6 Å².